The third-order valence-corrected chi connectivity index (χ3v) is 3.41. The van der Waals surface area contributed by atoms with E-state index in [1.54, 1.807) is 39.8 Å². The van der Waals surface area contributed by atoms with Crippen molar-refractivity contribution in [3.05, 3.63) is 39.9 Å². The number of nitrogens with zero attached hydrogens (tertiary/aromatic N) is 1. The third-order valence-electron chi connectivity index (χ3n) is 3.41. The SMILES string of the molecule is Cc1nc2ccc(C(O)C(O)CNC(=O)OC(C)(C)C)cc2c(=O)[nH]1. The number of nitrogens with one attached hydrogen (secondary N) is 2. The van der Waals surface area contributed by atoms with Gasteiger partial charge in [-0.05, 0) is 45.4 Å². The number of aromatic nitrogens is 2. The molecule has 0 bridgehead atoms. The van der Waals surface area contributed by atoms with Crippen molar-refractivity contribution in [2.75, 3.05) is 6.54 Å². The van der Waals surface area contributed by atoms with Crippen LogP contribution in [0.2, 0.25) is 0 Å². The van der Waals surface area contributed by atoms with Crippen LogP contribution in [0.3, 0.4) is 0 Å². The molecule has 2 unspecified atom stereocenters. The van der Waals surface area contributed by atoms with Crippen LogP contribution in [0.4, 0.5) is 4.79 Å². The van der Waals surface area contributed by atoms with Gasteiger partial charge in [-0.1, -0.05) is 6.07 Å². The Morgan fingerprint density at radius 2 is 2.04 bits per heavy atom. The molecule has 0 aliphatic carbocycles. The minimum Gasteiger partial charge on any atom is -0.444 e. The number of H-pyrrole nitrogens is 1. The highest BCUT2D eigenvalue weighted by molar-refractivity contribution is 5.78. The topological polar surface area (TPSA) is 125 Å². The zero-order valence-corrected chi connectivity index (χ0v) is 14.7. The van der Waals surface area contributed by atoms with Crippen LogP contribution >= 0.6 is 0 Å². The van der Waals surface area contributed by atoms with Gasteiger partial charge in [-0.15, -0.1) is 0 Å². The Morgan fingerprint density at radius 3 is 2.68 bits per heavy atom. The van der Waals surface area contributed by atoms with Gasteiger partial charge < -0.3 is 25.3 Å². The molecule has 0 spiro atoms. The average molecular weight is 349 g/mol. The van der Waals surface area contributed by atoms with E-state index in [1.165, 1.54) is 6.07 Å². The first-order valence-electron chi connectivity index (χ1n) is 7.90. The number of amides is 1. The fraction of sp³-hybridized carbons (Fsp3) is 0.471. The van der Waals surface area contributed by atoms with E-state index >= 15 is 0 Å². The molecule has 1 aromatic heterocycles. The predicted octanol–water partition coefficient (Wildman–Crippen LogP) is 1.15. The average Bonchev–Trinajstić information content (AvgIpc) is 2.49. The van der Waals surface area contributed by atoms with Crippen molar-refractivity contribution in [3.63, 3.8) is 0 Å². The highest BCUT2D eigenvalue weighted by Crippen LogP contribution is 2.20. The van der Waals surface area contributed by atoms with Gasteiger partial charge in [0.1, 0.15) is 23.6 Å². The van der Waals surface area contributed by atoms with Gasteiger partial charge in [0.2, 0.25) is 0 Å². The van der Waals surface area contributed by atoms with Crippen molar-refractivity contribution in [2.24, 2.45) is 0 Å². The van der Waals surface area contributed by atoms with Gasteiger partial charge in [-0.2, -0.15) is 0 Å². The lowest BCUT2D eigenvalue weighted by Gasteiger charge is -2.22. The first-order chi connectivity index (χ1) is 11.6. The number of aryl methyl sites for hydroxylation is 1. The molecule has 0 saturated heterocycles. The molecule has 2 rings (SSSR count). The van der Waals surface area contributed by atoms with Crippen molar-refractivity contribution in [3.8, 4) is 0 Å². The first kappa shape index (κ1) is 18.9. The van der Waals surface area contributed by atoms with Gasteiger partial charge in [0.25, 0.3) is 5.56 Å². The molecular weight excluding hydrogens is 326 g/mol. The fourth-order valence-corrected chi connectivity index (χ4v) is 2.29. The number of carbonyl (C=O) groups is 1. The summed E-state index contributed by atoms with van der Waals surface area (Å²) in [6, 6.07) is 4.65. The van der Waals surface area contributed by atoms with E-state index in [-0.39, 0.29) is 12.1 Å². The summed E-state index contributed by atoms with van der Waals surface area (Å²) in [5, 5.41) is 23.1. The lowest BCUT2D eigenvalue weighted by Crippen LogP contribution is -2.38. The molecule has 0 radical (unpaired) electrons. The monoisotopic (exact) mass is 349 g/mol. The van der Waals surface area contributed by atoms with Crippen molar-refractivity contribution in [2.45, 2.75) is 45.5 Å². The van der Waals surface area contributed by atoms with Crippen LogP contribution in [0.15, 0.2) is 23.0 Å². The number of fused-ring (bicyclic) bond motifs is 1. The Balaban J connectivity index is 2.09. The molecule has 136 valence electrons. The standard InChI is InChI=1S/C17H23N3O5/c1-9-19-12-6-5-10(7-11(12)15(23)20-9)14(22)13(21)8-18-16(24)25-17(2,3)4/h5-7,13-14,21-22H,8H2,1-4H3,(H,18,24)(H,19,20,23). The smallest absolute Gasteiger partial charge is 0.407 e. The lowest BCUT2D eigenvalue weighted by molar-refractivity contribution is 0.0130. The molecule has 0 aliphatic heterocycles. The number of hydrogen-bond donors (Lipinski definition) is 4. The Kier molecular flexibility index (Phi) is 5.44. The molecule has 8 heteroatoms. The van der Waals surface area contributed by atoms with E-state index in [0.717, 1.165) is 0 Å². The molecule has 4 N–H and O–H groups in total. The molecule has 2 aromatic rings. The Morgan fingerprint density at radius 1 is 1.36 bits per heavy atom. The van der Waals surface area contributed by atoms with E-state index in [4.69, 9.17) is 4.74 Å². The normalized spacial score (nSPS) is 14.2. The lowest BCUT2D eigenvalue weighted by atomic mass is 10.0. The Labute approximate surface area is 144 Å². The van der Waals surface area contributed by atoms with E-state index in [0.29, 0.717) is 22.3 Å². The number of hydrogen-bond acceptors (Lipinski definition) is 6. The molecule has 2 atom stereocenters. The maximum absolute atomic E-state index is 12.0. The largest absolute Gasteiger partial charge is 0.444 e. The Hall–Kier alpha value is -2.45. The number of aliphatic hydroxyl groups is 2. The number of rotatable bonds is 4. The number of aliphatic hydroxyl groups excluding tert-OH is 2. The van der Waals surface area contributed by atoms with Crippen LogP contribution in [0, 0.1) is 6.92 Å². The summed E-state index contributed by atoms with van der Waals surface area (Å²) in [5.41, 5.74) is -0.128. The molecule has 1 aromatic carbocycles. The molecule has 8 nitrogen and oxygen atoms in total. The van der Waals surface area contributed by atoms with Crippen molar-refractivity contribution in [1.29, 1.82) is 0 Å². The number of benzene rings is 1. The molecule has 0 fully saturated rings. The summed E-state index contributed by atoms with van der Waals surface area (Å²) in [6.07, 6.45) is -3.23. The molecule has 1 heterocycles. The maximum Gasteiger partial charge on any atom is 0.407 e. The van der Waals surface area contributed by atoms with Gasteiger partial charge in [0, 0.05) is 6.54 Å². The second-order valence-corrected chi connectivity index (χ2v) is 6.82. The van der Waals surface area contributed by atoms with Crippen molar-refractivity contribution in [1.82, 2.24) is 15.3 Å². The third kappa shape index (κ3) is 5.01. The summed E-state index contributed by atoms with van der Waals surface area (Å²) < 4.78 is 5.06. The maximum atomic E-state index is 12.0. The fourth-order valence-electron chi connectivity index (χ4n) is 2.29. The van der Waals surface area contributed by atoms with Crippen LogP contribution in [-0.2, 0) is 4.74 Å². The van der Waals surface area contributed by atoms with Gasteiger partial charge in [0.05, 0.1) is 10.9 Å². The van der Waals surface area contributed by atoms with E-state index in [1.807, 2.05) is 0 Å². The quantitative estimate of drug-likeness (QED) is 0.656. The number of carbonyl (C=O) groups excluding carboxylic acids is 1. The van der Waals surface area contributed by atoms with E-state index < -0.39 is 23.9 Å². The molecule has 0 aliphatic rings. The van der Waals surface area contributed by atoms with Crippen molar-refractivity contribution < 1.29 is 19.7 Å². The summed E-state index contributed by atoms with van der Waals surface area (Å²) in [4.78, 5) is 30.4. The van der Waals surface area contributed by atoms with Crippen LogP contribution < -0.4 is 10.9 Å². The van der Waals surface area contributed by atoms with E-state index in [9.17, 15) is 19.8 Å². The number of ether oxygens (including phenoxy) is 1. The second kappa shape index (κ2) is 7.20. The van der Waals surface area contributed by atoms with E-state index in [2.05, 4.69) is 15.3 Å². The minimum absolute atomic E-state index is 0.198. The Bertz CT molecular complexity index is 825. The van der Waals surface area contributed by atoms with Gasteiger partial charge >= 0.3 is 6.09 Å². The number of alkyl carbamates (subject to hydrolysis) is 1. The first-order valence-corrected chi connectivity index (χ1v) is 7.90. The minimum atomic E-state index is -1.28. The summed E-state index contributed by atoms with van der Waals surface area (Å²) in [7, 11) is 0. The van der Waals surface area contributed by atoms with Gasteiger partial charge in [-0.25, -0.2) is 9.78 Å². The van der Waals surface area contributed by atoms with Gasteiger partial charge in [0.15, 0.2) is 0 Å². The van der Waals surface area contributed by atoms with Crippen LogP contribution in [0.1, 0.15) is 38.3 Å². The predicted molar refractivity (Wildman–Crippen MR) is 92.3 cm³/mol. The number of aromatic amines is 1. The molecule has 1 amide bonds. The van der Waals surface area contributed by atoms with Crippen LogP contribution in [0.25, 0.3) is 10.9 Å². The zero-order chi connectivity index (χ0) is 18.8. The molecular formula is C17H23N3O5. The van der Waals surface area contributed by atoms with Crippen molar-refractivity contribution >= 4 is 17.0 Å². The van der Waals surface area contributed by atoms with Crippen LogP contribution in [-0.4, -0.2) is 44.5 Å². The summed E-state index contributed by atoms with van der Waals surface area (Å²) >= 11 is 0. The van der Waals surface area contributed by atoms with Crippen LogP contribution in [0.5, 0.6) is 0 Å². The highest BCUT2D eigenvalue weighted by Gasteiger charge is 2.22. The molecule has 0 saturated carbocycles. The summed E-state index contributed by atoms with van der Waals surface area (Å²) in [6.45, 7) is 6.65. The summed E-state index contributed by atoms with van der Waals surface area (Å²) in [5.74, 6) is 0.493. The second-order valence-electron chi connectivity index (χ2n) is 6.82. The van der Waals surface area contributed by atoms with Gasteiger partial charge in [-0.3, -0.25) is 4.79 Å². The molecule has 25 heavy (non-hydrogen) atoms. The highest BCUT2D eigenvalue weighted by atomic mass is 16.6. The zero-order valence-electron chi connectivity index (χ0n) is 14.7.